The molecular formula is C18H19N3O2S. The van der Waals surface area contributed by atoms with E-state index in [0.717, 1.165) is 16.7 Å². The van der Waals surface area contributed by atoms with Crippen LogP contribution in [0.4, 0.5) is 0 Å². The van der Waals surface area contributed by atoms with Crippen molar-refractivity contribution in [2.24, 2.45) is 7.05 Å². The van der Waals surface area contributed by atoms with Crippen LogP contribution in [-0.2, 0) is 7.05 Å². The van der Waals surface area contributed by atoms with Gasteiger partial charge in [-0.1, -0.05) is 29.5 Å². The van der Waals surface area contributed by atoms with E-state index in [1.807, 2.05) is 56.7 Å². The highest BCUT2D eigenvalue weighted by Gasteiger charge is 2.17. The fourth-order valence-corrected chi connectivity index (χ4v) is 3.67. The highest BCUT2D eigenvalue weighted by atomic mass is 32.2. The molecule has 0 saturated heterocycles. The van der Waals surface area contributed by atoms with Crippen molar-refractivity contribution in [2.45, 2.75) is 25.9 Å². The zero-order chi connectivity index (χ0) is 17.3. The van der Waals surface area contributed by atoms with Crippen molar-refractivity contribution < 1.29 is 9.21 Å². The zero-order valence-corrected chi connectivity index (χ0v) is 15.0. The summed E-state index contributed by atoms with van der Waals surface area (Å²) in [5.74, 6) is 1.75. The second-order valence-corrected chi connectivity index (χ2v) is 6.77. The Balaban J connectivity index is 1.76. The van der Waals surface area contributed by atoms with Crippen LogP contribution in [0.3, 0.4) is 0 Å². The first-order valence-electron chi connectivity index (χ1n) is 7.64. The third kappa shape index (κ3) is 3.14. The number of hydrogen-bond acceptors (Lipinski definition) is 5. The Morgan fingerprint density at radius 3 is 2.54 bits per heavy atom. The molecule has 1 aromatic carbocycles. The van der Waals surface area contributed by atoms with E-state index in [4.69, 9.17) is 4.42 Å². The van der Waals surface area contributed by atoms with Crippen LogP contribution in [0.1, 0.15) is 27.0 Å². The maximum Gasteiger partial charge on any atom is 0.200 e. The molecule has 5 nitrogen and oxygen atoms in total. The second kappa shape index (κ2) is 6.65. The number of nitrogens with zero attached hydrogens (tertiary/aromatic N) is 3. The molecule has 0 saturated carbocycles. The van der Waals surface area contributed by atoms with Crippen molar-refractivity contribution in [3.63, 3.8) is 0 Å². The molecule has 0 atom stereocenters. The lowest BCUT2D eigenvalue weighted by Gasteiger charge is -2.10. The average Bonchev–Trinajstić information content (AvgIpc) is 3.13. The maximum absolute atomic E-state index is 12.6. The van der Waals surface area contributed by atoms with Gasteiger partial charge in [-0.15, -0.1) is 10.2 Å². The molecule has 0 spiro atoms. The summed E-state index contributed by atoms with van der Waals surface area (Å²) in [5, 5.41) is 8.99. The molecule has 3 rings (SSSR count). The van der Waals surface area contributed by atoms with Gasteiger partial charge in [0.25, 0.3) is 0 Å². The predicted octanol–water partition coefficient (Wildman–Crippen LogP) is 3.98. The number of carbonyl (C=O) groups excluding carboxylic acids is 1. The van der Waals surface area contributed by atoms with Crippen LogP contribution in [0.15, 0.2) is 40.1 Å². The molecular weight excluding hydrogens is 322 g/mol. The van der Waals surface area contributed by atoms with Crippen LogP contribution in [0.25, 0.3) is 11.6 Å². The molecule has 0 N–H and O–H groups in total. The smallest absolute Gasteiger partial charge is 0.200 e. The summed E-state index contributed by atoms with van der Waals surface area (Å²) in [4.78, 5) is 12.6. The Morgan fingerprint density at radius 1 is 1.21 bits per heavy atom. The minimum absolute atomic E-state index is 0.109. The highest BCUT2D eigenvalue weighted by Crippen LogP contribution is 2.25. The first-order valence-corrected chi connectivity index (χ1v) is 8.63. The van der Waals surface area contributed by atoms with Crippen LogP contribution < -0.4 is 0 Å². The van der Waals surface area contributed by atoms with E-state index in [2.05, 4.69) is 10.2 Å². The molecule has 0 bridgehead atoms. The van der Waals surface area contributed by atoms with Crippen LogP contribution in [-0.4, -0.2) is 26.3 Å². The summed E-state index contributed by atoms with van der Waals surface area (Å²) in [7, 11) is 1.87. The second-order valence-electron chi connectivity index (χ2n) is 5.83. The van der Waals surface area contributed by atoms with Gasteiger partial charge in [0, 0.05) is 12.6 Å². The largest absolute Gasteiger partial charge is 0.461 e. The predicted molar refractivity (Wildman–Crippen MR) is 94.4 cm³/mol. The Morgan fingerprint density at radius 2 is 1.92 bits per heavy atom. The van der Waals surface area contributed by atoms with Crippen molar-refractivity contribution in [3.8, 4) is 11.6 Å². The molecule has 0 aliphatic carbocycles. The van der Waals surface area contributed by atoms with E-state index < -0.39 is 0 Å². The highest BCUT2D eigenvalue weighted by molar-refractivity contribution is 7.99. The van der Waals surface area contributed by atoms with Crippen LogP contribution in [0.2, 0.25) is 0 Å². The number of Topliss-reactive ketones (excluding diaryl/α,β-unsaturated/α-hetero) is 1. The van der Waals surface area contributed by atoms with Gasteiger partial charge in [0.1, 0.15) is 0 Å². The molecule has 2 heterocycles. The summed E-state index contributed by atoms with van der Waals surface area (Å²) < 4.78 is 7.19. The van der Waals surface area contributed by atoms with Gasteiger partial charge in [-0.05, 0) is 44.0 Å². The van der Waals surface area contributed by atoms with Crippen molar-refractivity contribution in [1.82, 2.24) is 14.8 Å². The minimum Gasteiger partial charge on any atom is -0.461 e. The van der Waals surface area contributed by atoms with E-state index in [1.165, 1.54) is 17.3 Å². The molecule has 0 unspecified atom stereocenters. The molecule has 6 heteroatoms. The molecule has 124 valence electrons. The number of rotatable bonds is 5. The summed E-state index contributed by atoms with van der Waals surface area (Å²) in [5.41, 5.74) is 4.02. The molecule has 0 radical (unpaired) electrons. The number of benzene rings is 1. The average molecular weight is 341 g/mol. The van der Waals surface area contributed by atoms with Gasteiger partial charge in [0.05, 0.1) is 12.0 Å². The van der Waals surface area contributed by atoms with Gasteiger partial charge >= 0.3 is 0 Å². The van der Waals surface area contributed by atoms with Crippen molar-refractivity contribution in [3.05, 3.63) is 52.8 Å². The molecule has 2 aromatic heterocycles. The van der Waals surface area contributed by atoms with Gasteiger partial charge in [-0.3, -0.25) is 4.79 Å². The van der Waals surface area contributed by atoms with Crippen molar-refractivity contribution in [1.29, 1.82) is 0 Å². The number of carbonyl (C=O) groups is 1. The number of hydrogen-bond donors (Lipinski definition) is 0. The molecule has 0 aliphatic rings. The number of thioether (sulfide) groups is 1. The Kier molecular flexibility index (Phi) is 4.57. The standard InChI is InChI=1S/C18H19N3O2S/c1-11-8-12(2)16(13(3)9-11)14(22)10-24-18-20-19-17(21(18)4)15-6-5-7-23-15/h5-9H,10H2,1-4H3. The molecule has 0 fully saturated rings. The lowest BCUT2D eigenvalue weighted by Crippen LogP contribution is -2.08. The van der Waals surface area contributed by atoms with Crippen molar-refractivity contribution >= 4 is 17.5 Å². The number of aromatic nitrogens is 3. The fourth-order valence-electron chi connectivity index (χ4n) is 2.88. The molecule has 3 aromatic rings. The topological polar surface area (TPSA) is 60.9 Å². The number of aryl methyl sites for hydroxylation is 3. The normalized spacial score (nSPS) is 11.0. The van der Waals surface area contributed by atoms with Gasteiger partial charge in [0.2, 0.25) is 0 Å². The quantitative estimate of drug-likeness (QED) is 0.519. The number of ketones is 1. The molecule has 24 heavy (non-hydrogen) atoms. The van der Waals surface area contributed by atoms with E-state index >= 15 is 0 Å². The van der Waals surface area contributed by atoms with Gasteiger partial charge in [-0.25, -0.2) is 0 Å². The summed E-state index contributed by atoms with van der Waals surface area (Å²) in [6, 6.07) is 7.73. The van der Waals surface area contributed by atoms with Gasteiger partial charge < -0.3 is 8.98 Å². The Labute approximate surface area is 145 Å². The zero-order valence-electron chi connectivity index (χ0n) is 14.2. The molecule has 0 amide bonds. The maximum atomic E-state index is 12.6. The van der Waals surface area contributed by atoms with Crippen LogP contribution in [0, 0.1) is 20.8 Å². The lowest BCUT2D eigenvalue weighted by molar-refractivity contribution is 0.102. The third-order valence-electron chi connectivity index (χ3n) is 3.86. The summed E-state index contributed by atoms with van der Waals surface area (Å²) >= 11 is 1.39. The van der Waals surface area contributed by atoms with Gasteiger partial charge in [0.15, 0.2) is 22.5 Å². The fraction of sp³-hybridized carbons (Fsp3) is 0.278. The van der Waals surface area contributed by atoms with E-state index in [1.54, 1.807) is 6.26 Å². The van der Waals surface area contributed by atoms with Gasteiger partial charge in [-0.2, -0.15) is 0 Å². The monoisotopic (exact) mass is 341 g/mol. The minimum atomic E-state index is 0.109. The Hall–Kier alpha value is -2.34. The summed E-state index contributed by atoms with van der Waals surface area (Å²) in [6.07, 6.45) is 1.60. The van der Waals surface area contributed by atoms with Crippen molar-refractivity contribution in [2.75, 3.05) is 5.75 Å². The Bertz CT molecular complexity index is 859. The summed E-state index contributed by atoms with van der Waals surface area (Å²) in [6.45, 7) is 6.00. The van der Waals surface area contributed by atoms with E-state index in [9.17, 15) is 4.79 Å². The van der Waals surface area contributed by atoms with E-state index in [-0.39, 0.29) is 5.78 Å². The van der Waals surface area contributed by atoms with E-state index in [0.29, 0.717) is 22.5 Å². The lowest BCUT2D eigenvalue weighted by atomic mass is 9.97. The van der Waals surface area contributed by atoms with Crippen LogP contribution >= 0.6 is 11.8 Å². The first kappa shape index (κ1) is 16.5. The van der Waals surface area contributed by atoms with Crippen LogP contribution in [0.5, 0.6) is 0 Å². The number of furan rings is 1. The first-order chi connectivity index (χ1) is 11.5. The molecule has 0 aliphatic heterocycles. The SMILES string of the molecule is Cc1cc(C)c(C(=O)CSc2nnc(-c3ccco3)n2C)c(C)c1. The third-order valence-corrected chi connectivity index (χ3v) is 4.88.